The Morgan fingerprint density at radius 3 is 2.85 bits per heavy atom. The maximum atomic E-state index is 10.6. The topological polar surface area (TPSA) is 91.1 Å². The molecule has 0 amide bonds. The number of hydrogen-bond donors (Lipinski definition) is 4. The van der Waals surface area contributed by atoms with Gasteiger partial charge in [0.25, 0.3) is 0 Å². The third kappa shape index (κ3) is 2.07. The van der Waals surface area contributed by atoms with Gasteiger partial charge in [0.2, 0.25) is 0 Å². The number of H-pyrrole nitrogens is 1. The summed E-state index contributed by atoms with van der Waals surface area (Å²) < 4.78 is 0. The summed E-state index contributed by atoms with van der Waals surface area (Å²) in [6, 6.07) is 0.508. The molecule has 0 fully saturated rings. The van der Waals surface area contributed by atoms with Crippen molar-refractivity contribution in [1.82, 2.24) is 10.3 Å². The standard InChI is InChI=1S/C8H13N3O2/c1-10-7(6(9)8(12)13)5-2-3-11-4-5/h2-4,6-7,10-11H,9H2,1H3,(H,12,13). The van der Waals surface area contributed by atoms with Crippen LogP contribution in [-0.4, -0.2) is 29.1 Å². The maximum absolute atomic E-state index is 10.6. The van der Waals surface area contributed by atoms with E-state index in [0.29, 0.717) is 0 Å². The van der Waals surface area contributed by atoms with Gasteiger partial charge in [0.15, 0.2) is 0 Å². The van der Waals surface area contributed by atoms with Gasteiger partial charge < -0.3 is 21.1 Å². The van der Waals surface area contributed by atoms with Crippen LogP contribution < -0.4 is 11.1 Å². The first-order valence-corrected chi connectivity index (χ1v) is 3.95. The van der Waals surface area contributed by atoms with E-state index in [0.717, 1.165) is 5.56 Å². The van der Waals surface area contributed by atoms with Crippen molar-refractivity contribution in [3.63, 3.8) is 0 Å². The van der Waals surface area contributed by atoms with Crippen LogP contribution in [0.3, 0.4) is 0 Å². The molecule has 5 heteroatoms. The van der Waals surface area contributed by atoms with Crippen molar-refractivity contribution in [1.29, 1.82) is 0 Å². The van der Waals surface area contributed by atoms with Crippen molar-refractivity contribution in [2.45, 2.75) is 12.1 Å². The lowest BCUT2D eigenvalue weighted by atomic mass is 10.0. The van der Waals surface area contributed by atoms with Crippen LogP contribution in [0.2, 0.25) is 0 Å². The van der Waals surface area contributed by atoms with Gasteiger partial charge in [0.1, 0.15) is 6.04 Å². The van der Waals surface area contributed by atoms with Crippen LogP contribution >= 0.6 is 0 Å². The molecule has 0 radical (unpaired) electrons. The zero-order chi connectivity index (χ0) is 9.84. The lowest BCUT2D eigenvalue weighted by molar-refractivity contribution is -0.139. The van der Waals surface area contributed by atoms with Gasteiger partial charge in [0.05, 0.1) is 6.04 Å². The molecule has 1 aromatic rings. The molecular weight excluding hydrogens is 170 g/mol. The van der Waals surface area contributed by atoms with Crippen molar-refractivity contribution in [2.24, 2.45) is 5.73 Å². The van der Waals surface area contributed by atoms with Gasteiger partial charge >= 0.3 is 5.97 Å². The third-order valence-electron chi connectivity index (χ3n) is 1.94. The zero-order valence-electron chi connectivity index (χ0n) is 7.32. The molecule has 1 aromatic heterocycles. The molecule has 0 aliphatic carbocycles. The van der Waals surface area contributed by atoms with E-state index >= 15 is 0 Å². The Hall–Kier alpha value is -1.33. The Bertz CT molecular complexity index is 271. The summed E-state index contributed by atoms with van der Waals surface area (Å²) in [7, 11) is 1.68. The minimum atomic E-state index is -1.01. The molecule has 1 rings (SSSR count). The minimum absolute atomic E-state index is 0.358. The second-order valence-corrected chi connectivity index (χ2v) is 2.77. The zero-order valence-corrected chi connectivity index (χ0v) is 7.32. The minimum Gasteiger partial charge on any atom is -0.480 e. The maximum Gasteiger partial charge on any atom is 0.322 e. The van der Waals surface area contributed by atoms with Crippen LogP contribution in [0.5, 0.6) is 0 Å². The van der Waals surface area contributed by atoms with Crippen molar-refractivity contribution in [3.05, 3.63) is 24.0 Å². The second kappa shape index (κ2) is 4.06. The van der Waals surface area contributed by atoms with Crippen LogP contribution in [0.4, 0.5) is 0 Å². The number of rotatable bonds is 4. The fourth-order valence-corrected chi connectivity index (χ4v) is 1.23. The number of nitrogens with two attached hydrogens (primary N) is 1. The van der Waals surface area contributed by atoms with Gasteiger partial charge in [-0.05, 0) is 18.7 Å². The number of carboxylic acid groups (broad SMARTS) is 1. The van der Waals surface area contributed by atoms with E-state index in [-0.39, 0.29) is 6.04 Å². The van der Waals surface area contributed by atoms with Gasteiger partial charge in [-0.15, -0.1) is 0 Å². The van der Waals surface area contributed by atoms with Gasteiger partial charge in [-0.1, -0.05) is 0 Å². The van der Waals surface area contributed by atoms with Crippen LogP contribution in [0, 0.1) is 0 Å². The summed E-state index contributed by atoms with van der Waals surface area (Å²) in [4.78, 5) is 13.5. The molecule has 0 saturated heterocycles. The first-order chi connectivity index (χ1) is 6.16. The van der Waals surface area contributed by atoms with Crippen LogP contribution in [0.25, 0.3) is 0 Å². The SMILES string of the molecule is CNC(c1cc[nH]c1)C(N)C(=O)O. The highest BCUT2D eigenvalue weighted by Gasteiger charge is 2.24. The van der Waals surface area contributed by atoms with Crippen LogP contribution in [0.1, 0.15) is 11.6 Å². The Morgan fingerprint density at radius 2 is 2.46 bits per heavy atom. The molecule has 0 aliphatic heterocycles. The van der Waals surface area contributed by atoms with Crippen molar-refractivity contribution < 1.29 is 9.90 Å². The van der Waals surface area contributed by atoms with E-state index in [1.807, 2.05) is 0 Å². The first-order valence-electron chi connectivity index (χ1n) is 3.95. The quantitative estimate of drug-likeness (QED) is 0.515. The number of aromatic amines is 1. The average Bonchev–Trinajstić information content (AvgIpc) is 2.58. The van der Waals surface area contributed by atoms with E-state index in [4.69, 9.17) is 10.8 Å². The van der Waals surface area contributed by atoms with Gasteiger partial charge in [-0.3, -0.25) is 4.79 Å². The number of hydrogen-bond acceptors (Lipinski definition) is 3. The second-order valence-electron chi connectivity index (χ2n) is 2.77. The van der Waals surface area contributed by atoms with E-state index in [1.165, 1.54) is 0 Å². The molecule has 0 spiro atoms. The molecule has 0 saturated carbocycles. The molecule has 2 atom stereocenters. The van der Waals surface area contributed by atoms with Crippen LogP contribution in [0.15, 0.2) is 18.5 Å². The third-order valence-corrected chi connectivity index (χ3v) is 1.94. The van der Waals surface area contributed by atoms with Crippen molar-refractivity contribution >= 4 is 5.97 Å². The summed E-state index contributed by atoms with van der Waals surface area (Å²) in [5, 5.41) is 11.6. The summed E-state index contributed by atoms with van der Waals surface area (Å²) >= 11 is 0. The molecule has 0 bridgehead atoms. The molecule has 13 heavy (non-hydrogen) atoms. The van der Waals surface area contributed by atoms with E-state index < -0.39 is 12.0 Å². The summed E-state index contributed by atoms with van der Waals surface area (Å²) in [5.74, 6) is -1.01. The normalized spacial score (nSPS) is 15.2. The molecule has 0 aromatic carbocycles. The van der Waals surface area contributed by atoms with E-state index in [2.05, 4.69) is 10.3 Å². The highest BCUT2D eigenvalue weighted by Crippen LogP contribution is 2.14. The fraction of sp³-hybridized carbons (Fsp3) is 0.375. The monoisotopic (exact) mass is 183 g/mol. The Kier molecular flexibility index (Phi) is 3.05. The predicted molar refractivity (Wildman–Crippen MR) is 48.2 cm³/mol. The molecule has 2 unspecified atom stereocenters. The molecular formula is C8H13N3O2. The molecule has 5 nitrogen and oxygen atoms in total. The van der Waals surface area contributed by atoms with Crippen molar-refractivity contribution in [3.8, 4) is 0 Å². The number of carbonyl (C=O) groups is 1. The summed E-state index contributed by atoms with van der Waals surface area (Å²) in [5.41, 5.74) is 6.33. The molecule has 0 aliphatic rings. The number of likely N-dealkylation sites (N-methyl/N-ethyl adjacent to an activating group) is 1. The predicted octanol–water partition coefficient (Wildman–Crippen LogP) is -0.313. The van der Waals surface area contributed by atoms with E-state index in [1.54, 1.807) is 25.5 Å². The van der Waals surface area contributed by atoms with Gasteiger partial charge in [-0.25, -0.2) is 0 Å². The fourth-order valence-electron chi connectivity index (χ4n) is 1.23. The average molecular weight is 183 g/mol. The van der Waals surface area contributed by atoms with Gasteiger partial charge in [0, 0.05) is 12.4 Å². The van der Waals surface area contributed by atoms with Crippen molar-refractivity contribution in [2.75, 3.05) is 7.05 Å². The molecule has 72 valence electrons. The first kappa shape index (κ1) is 9.76. The highest BCUT2D eigenvalue weighted by molar-refractivity contribution is 5.74. The lowest BCUT2D eigenvalue weighted by Crippen LogP contribution is -2.42. The number of carboxylic acids is 1. The number of nitrogens with one attached hydrogen (secondary N) is 2. The highest BCUT2D eigenvalue weighted by atomic mass is 16.4. The summed E-state index contributed by atoms with van der Waals surface area (Å²) in [6.07, 6.45) is 3.46. The lowest BCUT2D eigenvalue weighted by Gasteiger charge is -2.18. The largest absolute Gasteiger partial charge is 0.480 e. The van der Waals surface area contributed by atoms with E-state index in [9.17, 15) is 4.79 Å². The smallest absolute Gasteiger partial charge is 0.322 e. The molecule has 1 heterocycles. The Morgan fingerprint density at radius 1 is 1.77 bits per heavy atom. The number of aromatic nitrogens is 1. The van der Waals surface area contributed by atoms with Crippen LogP contribution in [-0.2, 0) is 4.79 Å². The number of aliphatic carboxylic acids is 1. The summed E-state index contributed by atoms with van der Waals surface area (Å²) in [6.45, 7) is 0. The Balaban J connectivity index is 2.79. The molecule has 5 N–H and O–H groups in total. The van der Waals surface area contributed by atoms with Gasteiger partial charge in [-0.2, -0.15) is 0 Å². The Labute approximate surface area is 75.9 Å².